The SMILES string of the molecule is O=C(O)CC1(NC(=O)c2cn(-c3cccc(Cl)c3F)nn2)CCOCC1. The van der Waals surface area contributed by atoms with Gasteiger partial charge in [-0.25, -0.2) is 9.07 Å². The van der Waals surface area contributed by atoms with Crippen LogP contribution in [0.1, 0.15) is 29.8 Å². The van der Waals surface area contributed by atoms with Gasteiger partial charge in [0.05, 0.1) is 23.2 Å². The van der Waals surface area contributed by atoms with Crippen molar-refractivity contribution in [2.24, 2.45) is 0 Å². The monoisotopic (exact) mass is 382 g/mol. The lowest BCUT2D eigenvalue weighted by atomic mass is 9.86. The van der Waals surface area contributed by atoms with Crippen molar-refractivity contribution in [3.8, 4) is 5.69 Å². The average molecular weight is 383 g/mol. The van der Waals surface area contributed by atoms with E-state index in [4.69, 9.17) is 21.4 Å². The summed E-state index contributed by atoms with van der Waals surface area (Å²) < 4.78 is 20.4. The maximum atomic E-state index is 14.1. The van der Waals surface area contributed by atoms with Crippen molar-refractivity contribution < 1.29 is 23.8 Å². The molecule has 138 valence electrons. The van der Waals surface area contributed by atoms with Crippen molar-refractivity contribution in [1.29, 1.82) is 0 Å². The van der Waals surface area contributed by atoms with E-state index in [0.717, 1.165) is 4.68 Å². The Morgan fingerprint density at radius 3 is 2.81 bits per heavy atom. The predicted molar refractivity (Wildman–Crippen MR) is 88.8 cm³/mol. The van der Waals surface area contributed by atoms with Gasteiger partial charge in [-0.05, 0) is 25.0 Å². The van der Waals surface area contributed by atoms with Gasteiger partial charge < -0.3 is 15.2 Å². The number of rotatable bonds is 5. The van der Waals surface area contributed by atoms with Gasteiger partial charge in [-0.15, -0.1) is 5.10 Å². The summed E-state index contributed by atoms with van der Waals surface area (Å²) in [4.78, 5) is 23.7. The molecule has 1 fully saturated rings. The van der Waals surface area contributed by atoms with Crippen molar-refractivity contribution in [3.63, 3.8) is 0 Å². The van der Waals surface area contributed by atoms with E-state index in [2.05, 4.69) is 15.6 Å². The van der Waals surface area contributed by atoms with Crippen LogP contribution in [0.5, 0.6) is 0 Å². The first-order chi connectivity index (χ1) is 12.4. The van der Waals surface area contributed by atoms with Crippen LogP contribution in [0.2, 0.25) is 5.02 Å². The minimum absolute atomic E-state index is 0.0513. The number of hydrogen-bond donors (Lipinski definition) is 2. The summed E-state index contributed by atoms with van der Waals surface area (Å²) in [5.74, 6) is -2.28. The van der Waals surface area contributed by atoms with Gasteiger partial charge in [0.15, 0.2) is 11.5 Å². The molecule has 2 heterocycles. The summed E-state index contributed by atoms with van der Waals surface area (Å²) >= 11 is 5.75. The maximum absolute atomic E-state index is 14.1. The molecule has 2 aromatic rings. The Kier molecular flexibility index (Phi) is 5.19. The minimum Gasteiger partial charge on any atom is -0.481 e. The Balaban J connectivity index is 1.81. The molecule has 10 heteroatoms. The zero-order valence-corrected chi connectivity index (χ0v) is 14.4. The number of aliphatic carboxylic acids is 1. The highest BCUT2D eigenvalue weighted by Crippen LogP contribution is 2.25. The quantitative estimate of drug-likeness (QED) is 0.816. The van der Waals surface area contributed by atoms with Gasteiger partial charge in [-0.1, -0.05) is 22.9 Å². The standard InChI is InChI=1S/C16H16ClFN4O4/c17-10-2-1-3-12(14(10)18)22-9-11(20-21-22)15(25)19-16(8-13(23)24)4-6-26-7-5-16/h1-3,9H,4-8H2,(H,19,25)(H,23,24). The molecule has 0 bridgehead atoms. The van der Waals surface area contributed by atoms with Crippen molar-refractivity contribution in [2.75, 3.05) is 13.2 Å². The molecule has 0 atom stereocenters. The van der Waals surface area contributed by atoms with Crippen molar-refractivity contribution in [2.45, 2.75) is 24.8 Å². The van der Waals surface area contributed by atoms with E-state index in [1.807, 2.05) is 0 Å². The summed E-state index contributed by atoms with van der Waals surface area (Å²) in [5.41, 5.74) is -0.914. The highest BCUT2D eigenvalue weighted by molar-refractivity contribution is 6.30. The number of halogens is 2. The van der Waals surface area contributed by atoms with Crippen LogP contribution in [-0.2, 0) is 9.53 Å². The number of nitrogens with zero attached hydrogens (tertiary/aromatic N) is 3. The van der Waals surface area contributed by atoms with Crippen molar-refractivity contribution >= 4 is 23.5 Å². The molecule has 0 unspecified atom stereocenters. The van der Waals surface area contributed by atoms with Gasteiger partial charge in [0.1, 0.15) is 5.69 Å². The van der Waals surface area contributed by atoms with E-state index in [0.29, 0.717) is 26.1 Å². The number of amides is 1. The van der Waals surface area contributed by atoms with Gasteiger partial charge >= 0.3 is 5.97 Å². The number of carboxylic acids is 1. The third kappa shape index (κ3) is 3.83. The van der Waals surface area contributed by atoms with Gasteiger partial charge in [0, 0.05) is 13.2 Å². The van der Waals surface area contributed by atoms with E-state index in [9.17, 15) is 14.0 Å². The molecule has 26 heavy (non-hydrogen) atoms. The third-order valence-corrected chi connectivity index (χ3v) is 4.51. The molecule has 8 nitrogen and oxygen atoms in total. The van der Waals surface area contributed by atoms with Gasteiger partial charge in [-0.3, -0.25) is 9.59 Å². The molecule has 1 amide bonds. The molecule has 0 saturated carbocycles. The first kappa shape index (κ1) is 18.3. The van der Waals surface area contributed by atoms with Crippen molar-refractivity contribution in [1.82, 2.24) is 20.3 Å². The molecular weight excluding hydrogens is 367 g/mol. The molecule has 0 aliphatic carbocycles. The number of benzene rings is 1. The van der Waals surface area contributed by atoms with Gasteiger partial charge in [0.2, 0.25) is 0 Å². The number of ether oxygens (including phenoxy) is 1. The molecule has 1 aromatic carbocycles. The summed E-state index contributed by atoms with van der Waals surface area (Å²) in [7, 11) is 0. The Bertz CT molecular complexity index is 835. The van der Waals surface area contributed by atoms with Crippen LogP contribution in [0.25, 0.3) is 5.69 Å². The number of carboxylic acid groups (broad SMARTS) is 1. The fraction of sp³-hybridized carbons (Fsp3) is 0.375. The molecule has 1 aliphatic heterocycles. The maximum Gasteiger partial charge on any atom is 0.305 e. The van der Waals surface area contributed by atoms with Crippen LogP contribution in [0.15, 0.2) is 24.4 Å². The molecule has 3 rings (SSSR count). The van der Waals surface area contributed by atoms with Crippen LogP contribution in [-0.4, -0.2) is 50.7 Å². The Hall–Kier alpha value is -2.52. The smallest absolute Gasteiger partial charge is 0.305 e. The number of aromatic nitrogens is 3. The summed E-state index contributed by atoms with van der Waals surface area (Å²) in [6.07, 6.45) is 1.79. The zero-order valence-electron chi connectivity index (χ0n) is 13.6. The van der Waals surface area contributed by atoms with E-state index in [-0.39, 0.29) is 22.8 Å². The van der Waals surface area contributed by atoms with Gasteiger partial charge in [0.25, 0.3) is 5.91 Å². The van der Waals surface area contributed by atoms with E-state index in [1.165, 1.54) is 18.3 Å². The highest BCUT2D eigenvalue weighted by Gasteiger charge is 2.37. The van der Waals surface area contributed by atoms with E-state index in [1.54, 1.807) is 6.07 Å². The number of hydrogen-bond acceptors (Lipinski definition) is 5. The number of nitrogens with one attached hydrogen (secondary N) is 1. The first-order valence-electron chi connectivity index (χ1n) is 7.89. The second-order valence-corrected chi connectivity index (χ2v) is 6.45. The Morgan fingerprint density at radius 2 is 2.12 bits per heavy atom. The van der Waals surface area contributed by atoms with E-state index >= 15 is 0 Å². The Labute approximate surface area is 152 Å². The molecule has 0 radical (unpaired) electrons. The fourth-order valence-corrected chi connectivity index (χ4v) is 3.03. The van der Waals surface area contributed by atoms with Gasteiger partial charge in [-0.2, -0.15) is 0 Å². The van der Waals surface area contributed by atoms with Crippen LogP contribution in [0.4, 0.5) is 4.39 Å². The molecule has 1 saturated heterocycles. The normalized spacial score (nSPS) is 16.2. The van der Waals surface area contributed by atoms with Crippen LogP contribution in [0.3, 0.4) is 0 Å². The number of carbonyl (C=O) groups is 2. The molecule has 2 N–H and O–H groups in total. The zero-order chi connectivity index (χ0) is 18.7. The van der Waals surface area contributed by atoms with Crippen LogP contribution < -0.4 is 5.32 Å². The average Bonchev–Trinajstić information content (AvgIpc) is 3.07. The number of carbonyl (C=O) groups excluding carboxylic acids is 1. The topological polar surface area (TPSA) is 106 Å². The second-order valence-electron chi connectivity index (χ2n) is 6.04. The molecule has 1 aromatic heterocycles. The van der Waals surface area contributed by atoms with Crippen molar-refractivity contribution in [3.05, 3.63) is 40.9 Å². The summed E-state index contributed by atoms with van der Waals surface area (Å²) in [6.45, 7) is 0.710. The lowest BCUT2D eigenvalue weighted by molar-refractivity contribution is -0.139. The summed E-state index contributed by atoms with van der Waals surface area (Å²) in [5, 5.41) is 19.3. The first-order valence-corrected chi connectivity index (χ1v) is 8.27. The largest absolute Gasteiger partial charge is 0.481 e. The van der Waals surface area contributed by atoms with Crippen LogP contribution in [0, 0.1) is 5.82 Å². The highest BCUT2D eigenvalue weighted by atomic mass is 35.5. The lowest BCUT2D eigenvalue weighted by Crippen LogP contribution is -2.53. The fourth-order valence-electron chi connectivity index (χ4n) is 2.86. The third-order valence-electron chi connectivity index (χ3n) is 4.22. The molecular formula is C16H16ClFN4O4. The Morgan fingerprint density at radius 1 is 1.38 bits per heavy atom. The summed E-state index contributed by atoms with van der Waals surface area (Å²) in [6, 6.07) is 4.39. The molecule has 1 aliphatic rings. The second kappa shape index (κ2) is 7.38. The van der Waals surface area contributed by atoms with Crippen LogP contribution >= 0.6 is 11.6 Å². The minimum atomic E-state index is -1.02. The van der Waals surface area contributed by atoms with E-state index < -0.39 is 23.2 Å². The lowest BCUT2D eigenvalue weighted by Gasteiger charge is -2.36. The predicted octanol–water partition coefficient (Wildman–Crippen LogP) is 1.81. The molecule has 0 spiro atoms.